The van der Waals surface area contributed by atoms with Crippen LogP contribution >= 0.6 is 0 Å². The molecule has 0 bridgehead atoms. The summed E-state index contributed by atoms with van der Waals surface area (Å²) in [7, 11) is 3.51. The van der Waals surface area contributed by atoms with Crippen LogP contribution in [0.5, 0.6) is 0 Å². The van der Waals surface area contributed by atoms with Gasteiger partial charge in [-0.3, -0.25) is 14.3 Å². The first-order valence-electron chi connectivity index (χ1n) is 8.30. The minimum atomic E-state index is -0.0642. The quantitative estimate of drug-likeness (QED) is 0.838. The number of carbonyl (C=O) groups is 1. The summed E-state index contributed by atoms with van der Waals surface area (Å²) in [6.45, 7) is 1.22. The van der Waals surface area contributed by atoms with Crippen LogP contribution in [0.15, 0.2) is 29.3 Å². The van der Waals surface area contributed by atoms with Crippen LogP contribution < -0.4 is 5.69 Å². The van der Waals surface area contributed by atoms with Crippen LogP contribution in [-0.2, 0) is 31.4 Å². The molecule has 1 aliphatic heterocycles. The van der Waals surface area contributed by atoms with E-state index in [2.05, 4.69) is 10.1 Å². The molecule has 2 aromatic heterocycles. The number of fused-ring (bicyclic) bond motifs is 1. The fourth-order valence-electron chi connectivity index (χ4n) is 3.21. The van der Waals surface area contributed by atoms with Gasteiger partial charge in [-0.2, -0.15) is 5.10 Å². The second-order valence-corrected chi connectivity index (χ2v) is 6.48. The smallest absolute Gasteiger partial charge is 0.341 e. The fourth-order valence-corrected chi connectivity index (χ4v) is 3.21. The molecule has 7 heteroatoms. The largest absolute Gasteiger partial charge is 0.345 e. The number of aromatic nitrogens is 4. The average Bonchev–Trinajstić information content (AvgIpc) is 2.73. The zero-order valence-electron chi connectivity index (χ0n) is 14.2. The molecule has 128 valence electrons. The van der Waals surface area contributed by atoms with Crippen LogP contribution in [0.1, 0.15) is 30.7 Å². The highest BCUT2D eigenvalue weighted by molar-refractivity contribution is 5.76. The Kier molecular flexibility index (Phi) is 4.78. The minimum absolute atomic E-state index is 0.0642. The van der Waals surface area contributed by atoms with Gasteiger partial charge in [0.2, 0.25) is 5.91 Å². The fraction of sp³-hybridized carbons (Fsp3) is 0.529. The number of hydrogen-bond donors (Lipinski definition) is 0. The van der Waals surface area contributed by atoms with E-state index >= 15 is 0 Å². The number of amides is 1. The lowest BCUT2D eigenvalue weighted by atomic mass is 9.96. The zero-order valence-corrected chi connectivity index (χ0v) is 14.2. The van der Waals surface area contributed by atoms with Gasteiger partial charge in [-0.1, -0.05) is 6.07 Å². The van der Waals surface area contributed by atoms with Gasteiger partial charge >= 0.3 is 5.69 Å². The molecule has 1 atom stereocenters. The van der Waals surface area contributed by atoms with E-state index in [0.29, 0.717) is 25.4 Å². The molecule has 0 radical (unpaired) electrons. The maximum atomic E-state index is 12.5. The number of hydrogen-bond acceptors (Lipinski definition) is 4. The van der Waals surface area contributed by atoms with Crippen molar-refractivity contribution >= 4 is 5.91 Å². The van der Waals surface area contributed by atoms with Gasteiger partial charge in [0.05, 0.1) is 0 Å². The monoisotopic (exact) mass is 329 g/mol. The number of pyridine rings is 1. The molecule has 0 saturated carbocycles. The highest BCUT2D eigenvalue weighted by Crippen LogP contribution is 2.22. The second-order valence-electron chi connectivity index (χ2n) is 6.48. The van der Waals surface area contributed by atoms with Gasteiger partial charge in [0.25, 0.3) is 0 Å². The van der Waals surface area contributed by atoms with Crippen molar-refractivity contribution in [2.45, 2.75) is 38.8 Å². The van der Waals surface area contributed by atoms with Crippen molar-refractivity contribution in [1.82, 2.24) is 24.2 Å². The van der Waals surface area contributed by atoms with Crippen LogP contribution in [0.3, 0.4) is 0 Å². The standard InChI is InChI=1S/C17H23N5O2/c1-20(12-14-4-3-8-18-11-14)16(23)10-13-5-6-15-19-21(2)17(24)22(15)9-7-13/h3-4,8,11,13H,5-7,9-10,12H2,1-2H3. The van der Waals surface area contributed by atoms with Crippen molar-refractivity contribution in [2.75, 3.05) is 7.05 Å². The van der Waals surface area contributed by atoms with Crippen LogP contribution in [0.2, 0.25) is 0 Å². The first kappa shape index (κ1) is 16.4. The minimum Gasteiger partial charge on any atom is -0.341 e. The van der Waals surface area contributed by atoms with Gasteiger partial charge in [-0.05, 0) is 30.4 Å². The van der Waals surface area contributed by atoms with E-state index < -0.39 is 0 Å². The summed E-state index contributed by atoms with van der Waals surface area (Å²) in [4.78, 5) is 30.3. The van der Waals surface area contributed by atoms with E-state index in [9.17, 15) is 9.59 Å². The van der Waals surface area contributed by atoms with E-state index in [1.807, 2.05) is 19.2 Å². The van der Waals surface area contributed by atoms with E-state index in [1.54, 1.807) is 28.9 Å². The highest BCUT2D eigenvalue weighted by Gasteiger charge is 2.23. The Morgan fingerprint density at radius 1 is 1.42 bits per heavy atom. The Hall–Kier alpha value is -2.44. The van der Waals surface area contributed by atoms with E-state index in [4.69, 9.17) is 0 Å². The summed E-state index contributed by atoms with van der Waals surface area (Å²) in [5, 5.41) is 4.28. The predicted molar refractivity (Wildman–Crippen MR) is 89.2 cm³/mol. The van der Waals surface area contributed by atoms with Gasteiger partial charge in [0, 0.05) is 52.4 Å². The molecule has 24 heavy (non-hydrogen) atoms. The van der Waals surface area contributed by atoms with Gasteiger partial charge in [0.15, 0.2) is 0 Å². The molecule has 1 aliphatic rings. The predicted octanol–water partition coefficient (Wildman–Crippen LogP) is 0.978. The van der Waals surface area contributed by atoms with Crippen molar-refractivity contribution < 1.29 is 4.79 Å². The van der Waals surface area contributed by atoms with Gasteiger partial charge in [0.1, 0.15) is 5.82 Å². The van der Waals surface area contributed by atoms with Crippen molar-refractivity contribution in [2.24, 2.45) is 13.0 Å². The molecule has 1 amide bonds. The number of nitrogens with zero attached hydrogens (tertiary/aromatic N) is 5. The Morgan fingerprint density at radius 3 is 3.00 bits per heavy atom. The van der Waals surface area contributed by atoms with E-state index in [1.165, 1.54) is 4.68 Å². The Bertz CT molecular complexity index is 765. The average molecular weight is 329 g/mol. The van der Waals surface area contributed by atoms with Crippen LogP contribution in [0, 0.1) is 5.92 Å². The third-order valence-corrected chi connectivity index (χ3v) is 4.65. The van der Waals surface area contributed by atoms with Gasteiger partial charge < -0.3 is 4.90 Å². The maximum Gasteiger partial charge on any atom is 0.345 e. The van der Waals surface area contributed by atoms with E-state index in [-0.39, 0.29) is 11.6 Å². The summed E-state index contributed by atoms with van der Waals surface area (Å²) >= 11 is 0. The number of aryl methyl sites for hydroxylation is 2. The number of carbonyl (C=O) groups excluding carboxylic acids is 1. The number of rotatable bonds is 4. The molecular weight excluding hydrogens is 306 g/mol. The molecule has 0 spiro atoms. The molecule has 7 nitrogen and oxygen atoms in total. The molecular formula is C17H23N5O2. The summed E-state index contributed by atoms with van der Waals surface area (Å²) in [5.41, 5.74) is 0.962. The topological polar surface area (TPSA) is 73.0 Å². The third-order valence-electron chi connectivity index (χ3n) is 4.65. The van der Waals surface area contributed by atoms with Crippen LogP contribution in [-0.4, -0.2) is 37.2 Å². The third kappa shape index (κ3) is 3.55. The second kappa shape index (κ2) is 6.98. The molecule has 0 aliphatic carbocycles. The summed E-state index contributed by atoms with van der Waals surface area (Å²) < 4.78 is 3.13. The lowest BCUT2D eigenvalue weighted by Gasteiger charge is -2.20. The Labute approximate surface area is 140 Å². The molecule has 0 aromatic carbocycles. The van der Waals surface area contributed by atoms with Crippen LogP contribution in [0.25, 0.3) is 0 Å². The molecule has 0 fully saturated rings. The molecule has 2 aromatic rings. The van der Waals surface area contributed by atoms with Crippen molar-refractivity contribution in [1.29, 1.82) is 0 Å². The molecule has 3 rings (SSSR count). The lowest BCUT2D eigenvalue weighted by molar-refractivity contribution is -0.131. The van der Waals surface area contributed by atoms with Crippen molar-refractivity contribution in [3.05, 3.63) is 46.4 Å². The highest BCUT2D eigenvalue weighted by atomic mass is 16.2. The Balaban J connectivity index is 1.56. The summed E-state index contributed by atoms with van der Waals surface area (Å²) in [6.07, 6.45) is 6.50. The molecule has 3 heterocycles. The first-order valence-corrected chi connectivity index (χ1v) is 8.30. The lowest BCUT2D eigenvalue weighted by Crippen LogP contribution is -2.28. The normalized spacial score (nSPS) is 17.2. The van der Waals surface area contributed by atoms with Gasteiger partial charge in [-0.15, -0.1) is 0 Å². The van der Waals surface area contributed by atoms with Crippen molar-refractivity contribution in [3.8, 4) is 0 Å². The molecule has 0 saturated heterocycles. The summed E-state index contributed by atoms with van der Waals surface area (Å²) in [5.74, 6) is 1.26. The zero-order chi connectivity index (χ0) is 17.1. The van der Waals surface area contributed by atoms with E-state index in [0.717, 1.165) is 30.7 Å². The SMILES string of the molecule is CN(Cc1cccnc1)C(=O)CC1CCc2nn(C)c(=O)n2CC1. The maximum absolute atomic E-state index is 12.5. The molecule has 1 unspecified atom stereocenters. The Morgan fingerprint density at radius 2 is 2.25 bits per heavy atom. The first-order chi connectivity index (χ1) is 11.5. The summed E-state index contributed by atoms with van der Waals surface area (Å²) in [6, 6.07) is 3.85. The molecule has 0 N–H and O–H groups in total. The van der Waals surface area contributed by atoms with Crippen LogP contribution in [0.4, 0.5) is 0 Å². The van der Waals surface area contributed by atoms with Crippen molar-refractivity contribution in [3.63, 3.8) is 0 Å². The van der Waals surface area contributed by atoms with Gasteiger partial charge in [-0.25, -0.2) is 9.48 Å².